The van der Waals surface area contributed by atoms with E-state index in [0.29, 0.717) is 6.04 Å². The van der Waals surface area contributed by atoms with Gasteiger partial charge in [-0.3, -0.25) is 0 Å². The van der Waals surface area contributed by atoms with Gasteiger partial charge in [0.2, 0.25) is 0 Å². The number of rotatable bonds is 8. The molecule has 0 aliphatic rings. The van der Waals surface area contributed by atoms with Crippen LogP contribution in [0.4, 0.5) is 0 Å². The molecule has 0 heterocycles. The molecule has 0 aromatic heterocycles. The van der Waals surface area contributed by atoms with Gasteiger partial charge in [0.25, 0.3) is 0 Å². The van der Waals surface area contributed by atoms with E-state index in [0.717, 1.165) is 26.0 Å². The third kappa shape index (κ3) is 4.79. The monoisotopic (exact) mass is 249 g/mol. The molecule has 1 unspecified atom stereocenters. The van der Waals surface area contributed by atoms with E-state index in [1.807, 2.05) is 0 Å². The Labute approximate surface area is 112 Å². The van der Waals surface area contributed by atoms with Crippen LogP contribution in [0.25, 0.3) is 0 Å². The molecule has 0 fully saturated rings. The van der Waals surface area contributed by atoms with Crippen LogP contribution in [0, 0.1) is 13.8 Å². The van der Waals surface area contributed by atoms with Gasteiger partial charge in [-0.05, 0) is 56.3 Å². The minimum Gasteiger partial charge on any atom is -0.385 e. The Bertz CT molecular complexity index is 349. The Morgan fingerprint density at radius 2 is 2.00 bits per heavy atom. The predicted octanol–water partition coefficient (Wildman–Crippen LogP) is 3.77. The molecular formula is C16H27NO. The second kappa shape index (κ2) is 8.28. The first-order valence-corrected chi connectivity index (χ1v) is 6.98. The second-order valence-electron chi connectivity index (χ2n) is 4.99. The maximum Gasteiger partial charge on any atom is 0.0462 e. The number of hydrogen-bond acceptors (Lipinski definition) is 2. The molecule has 102 valence electrons. The zero-order chi connectivity index (χ0) is 13.4. The first-order valence-electron chi connectivity index (χ1n) is 6.98. The van der Waals surface area contributed by atoms with Gasteiger partial charge in [0.15, 0.2) is 0 Å². The molecule has 0 saturated heterocycles. The molecule has 0 bridgehead atoms. The summed E-state index contributed by atoms with van der Waals surface area (Å²) in [6.07, 6.45) is 3.41. The van der Waals surface area contributed by atoms with E-state index < -0.39 is 0 Å². The summed E-state index contributed by atoms with van der Waals surface area (Å²) in [5, 5.41) is 3.64. The number of methoxy groups -OCH3 is 1. The lowest BCUT2D eigenvalue weighted by atomic mass is 9.98. The zero-order valence-corrected chi connectivity index (χ0v) is 12.3. The Kier molecular flexibility index (Phi) is 6.99. The normalized spacial score (nSPS) is 12.7. The summed E-state index contributed by atoms with van der Waals surface area (Å²) in [4.78, 5) is 0. The van der Waals surface area contributed by atoms with E-state index in [-0.39, 0.29) is 0 Å². The largest absolute Gasteiger partial charge is 0.385 e. The Morgan fingerprint density at radius 1 is 1.22 bits per heavy atom. The Balaban J connectivity index is 2.70. The van der Waals surface area contributed by atoms with Crippen molar-refractivity contribution in [2.24, 2.45) is 0 Å². The van der Waals surface area contributed by atoms with Crippen molar-refractivity contribution in [2.45, 2.75) is 46.1 Å². The van der Waals surface area contributed by atoms with Crippen molar-refractivity contribution < 1.29 is 4.74 Å². The lowest BCUT2D eigenvalue weighted by Crippen LogP contribution is -2.22. The van der Waals surface area contributed by atoms with Crippen LogP contribution in [0.15, 0.2) is 18.2 Å². The molecule has 2 nitrogen and oxygen atoms in total. The maximum absolute atomic E-state index is 5.15. The highest BCUT2D eigenvalue weighted by Gasteiger charge is 2.10. The topological polar surface area (TPSA) is 21.3 Å². The van der Waals surface area contributed by atoms with Gasteiger partial charge >= 0.3 is 0 Å². The Hall–Kier alpha value is -0.860. The minimum atomic E-state index is 0.458. The highest BCUT2D eigenvalue weighted by molar-refractivity contribution is 5.31. The van der Waals surface area contributed by atoms with Crippen LogP contribution in [0.1, 0.15) is 48.9 Å². The molecule has 0 spiro atoms. The molecule has 1 aromatic carbocycles. The molecule has 1 atom stereocenters. The maximum atomic E-state index is 5.15. The number of aryl methyl sites for hydroxylation is 2. The van der Waals surface area contributed by atoms with Gasteiger partial charge < -0.3 is 10.1 Å². The standard InChI is InChI=1S/C16H27NO/c1-5-10-17-16(7-6-11-18-4)15-9-8-13(2)14(3)12-15/h8-9,12,16-17H,5-7,10-11H2,1-4H3. The van der Waals surface area contributed by atoms with Crippen molar-refractivity contribution in [1.29, 1.82) is 0 Å². The van der Waals surface area contributed by atoms with E-state index in [4.69, 9.17) is 4.74 Å². The van der Waals surface area contributed by atoms with Crippen molar-refractivity contribution >= 4 is 0 Å². The van der Waals surface area contributed by atoms with Crippen molar-refractivity contribution in [2.75, 3.05) is 20.3 Å². The predicted molar refractivity (Wildman–Crippen MR) is 78.1 cm³/mol. The first-order chi connectivity index (χ1) is 8.69. The summed E-state index contributed by atoms with van der Waals surface area (Å²) in [7, 11) is 1.77. The van der Waals surface area contributed by atoms with Crippen molar-refractivity contribution in [3.8, 4) is 0 Å². The van der Waals surface area contributed by atoms with E-state index in [2.05, 4.69) is 44.3 Å². The molecule has 0 amide bonds. The fourth-order valence-corrected chi connectivity index (χ4v) is 2.12. The summed E-state index contributed by atoms with van der Waals surface area (Å²) in [6.45, 7) is 8.47. The molecule has 0 aliphatic carbocycles. The third-order valence-corrected chi connectivity index (χ3v) is 3.42. The summed E-state index contributed by atoms with van der Waals surface area (Å²) < 4.78 is 5.15. The van der Waals surface area contributed by atoms with Crippen LogP contribution in [0.3, 0.4) is 0 Å². The smallest absolute Gasteiger partial charge is 0.0462 e. The lowest BCUT2D eigenvalue weighted by molar-refractivity contribution is 0.188. The summed E-state index contributed by atoms with van der Waals surface area (Å²) in [5.74, 6) is 0. The van der Waals surface area contributed by atoms with Crippen molar-refractivity contribution in [3.63, 3.8) is 0 Å². The van der Waals surface area contributed by atoms with Crippen LogP contribution in [0.5, 0.6) is 0 Å². The molecule has 0 saturated carbocycles. The molecule has 1 rings (SSSR count). The minimum absolute atomic E-state index is 0.458. The average Bonchev–Trinajstić information content (AvgIpc) is 2.37. The molecule has 2 heteroatoms. The molecule has 1 N–H and O–H groups in total. The second-order valence-corrected chi connectivity index (χ2v) is 4.99. The highest BCUT2D eigenvalue weighted by Crippen LogP contribution is 2.21. The van der Waals surface area contributed by atoms with Crippen LogP contribution in [-0.4, -0.2) is 20.3 Å². The number of hydrogen-bond donors (Lipinski definition) is 1. The van der Waals surface area contributed by atoms with E-state index in [1.54, 1.807) is 7.11 Å². The zero-order valence-electron chi connectivity index (χ0n) is 12.3. The Morgan fingerprint density at radius 3 is 2.61 bits per heavy atom. The third-order valence-electron chi connectivity index (χ3n) is 3.42. The summed E-state index contributed by atoms with van der Waals surface area (Å²) in [5.41, 5.74) is 4.15. The first kappa shape index (κ1) is 15.2. The van der Waals surface area contributed by atoms with Gasteiger partial charge in [0, 0.05) is 19.8 Å². The lowest BCUT2D eigenvalue weighted by Gasteiger charge is -2.20. The number of nitrogens with one attached hydrogen (secondary N) is 1. The van der Waals surface area contributed by atoms with Gasteiger partial charge in [-0.2, -0.15) is 0 Å². The molecule has 1 aromatic rings. The van der Waals surface area contributed by atoms with Gasteiger partial charge in [-0.15, -0.1) is 0 Å². The fraction of sp³-hybridized carbons (Fsp3) is 0.625. The van der Waals surface area contributed by atoms with E-state index in [1.165, 1.54) is 23.1 Å². The van der Waals surface area contributed by atoms with Crippen LogP contribution in [-0.2, 0) is 4.74 Å². The molecule has 0 radical (unpaired) electrons. The van der Waals surface area contributed by atoms with Gasteiger partial charge in [-0.25, -0.2) is 0 Å². The fourth-order valence-electron chi connectivity index (χ4n) is 2.12. The van der Waals surface area contributed by atoms with Crippen LogP contribution in [0.2, 0.25) is 0 Å². The number of benzene rings is 1. The van der Waals surface area contributed by atoms with Crippen molar-refractivity contribution in [1.82, 2.24) is 5.32 Å². The highest BCUT2D eigenvalue weighted by atomic mass is 16.5. The van der Waals surface area contributed by atoms with Gasteiger partial charge in [0.05, 0.1) is 0 Å². The number of ether oxygens (including phenoxy) is 1. The summed E-state index contributed by atoms with van der Waals surface area (Å²) >= 11 is 0. The van der Waals surface area contributed by atoms with E-state index in [9.17, 15) is 0 Å². The van der Waals surface area contributed by atoms with E-state index >= 15 is 0 Å². The van der Waals surface area contributed by atoms with Crippen LogP contribution >= 0.6 is 0 Å². The molecule has 0 aliphatic heterocycles. The summed E-state index contributed by atoms with van der Waals surface area (Å²) in [6, 6.07) is 7.25. The quantitative estimate of drug-likeness (QED) is 0.708. The van der Waals surface area contributed by atoms with Crippen LogP contribution < -0.4 is 5.32 Å². The van der Waals surface area contributed by atoms with Gasteiger partial charge in [-0.1, -0.05) is 25.1 Å². The molecule has 18 heavy (non-hydrogen) atoms. The molecular weight excluding hydrogens is 222 g/mol. The average molecular weight is 249 g/mol. The SMILES string of the molecule is CCCNC(CCCOC)c1ccc(C)c(C)c1. The van der Waals surface area contributed by atoms with Crippen molar-refractivity contribution in [3.05, 3.63) is 34.9 Å². The van der Waals surface area contributed by atoms with Gasteiger partial charge in [0.1, 0.15) is 0 Å².